The molecule has 0 radical (unpaired) electrons. The van der Waals surface area contributed by atoms with Crippen LogP contribution < -0.4 is 5.32 Å². The van der Waals surface area contributed by atoms with Crippen molar-refractivity contribution in [1.82, 2.24) is 10.1 Å². The van der Waals surface area contributed by atoms with Crippen LogP contribution in [0.4, 0.5) is 0 Å². The first kappa shape index (κ1) is 14.2. The molecule has 0 atom stereocenters. The third-order valence-electron chi connectivity index (χ3n) is 3.77. The lowest BCUT2D eigenvalue weighted by Gasteiger charge is -2.15. The van der Waals surface area contributed by atoms with Gasteiger partial charge in [-0.1, -0.05) is 5.16 Å². The lowest BCUT2D eigenvalue weighted by molar-refractivity contribution is -0.663. The molecule has 2 heterocycles. The molecule has 1 aromatic carbocycles. The maximum Gasteiger partial charge on any atom is 0.230 e. The molecule has 2 aromatic rings. The molecule has 6 nitrogen and oxygen atoms in total. The highest BCUT2D eigenvalue weighted by atomic mass is 32.2. The van der Waals surface area contributed by atoms with E-state index in [1.54, 1.807) is 24.3 Å². The number of nitrogens with two attached hydrogens (primary N) is 1. The van der Waals surface area contributed by atoms with Crippen LogP contribution in [0.15, 0.2) is 33.7 Å². The van der Waals surface area contributed by atoms with E-state index in [1.165, 1.54) is 6.26 Å². The number of hydrogen-bond donors (Lipinski definition) is 1. The molecular formula is C14H18N3O3S+. The SMILES string of the molecule is CS(=O)(=O)c1ccc(-c2noc(C3CC[NH2+]CC3)n2)cc1. The minimum Gasteiger partial charge on any atom is -0.346 e. The Bertz CT molecular complexity index is 716. The van der Waals surface area contributed by atoms with E-state index in [0.717, 1.165) is 31.5 Å². The van der Waals surface area contributed by atoms with E-state index in [4.69, 9.17) is 4.52 Å². The molecule has 7 heteroatoms. The second-order valence-electron chi connectivity index (χ2n) is 5.39. The van der Waals surface area contributed by atoms with Crippen LogP contribution in [-0.2, 0) is 9.84 Å². The van der Waals surface area contributed by atoms with Crippen molar-refractivity contribution in [3.63, 3.8) is 0 Å². The van der Waals surface area contributed by atoms with Gasteiger partial charge in [-0.2, -0.15) is 4.98 Å². The zero-order valence-corrected chi connectivity index (χ0v) is 12.6. The maximum atomic E-state index is 11.4. The van der Waals surface area contributed by atoms with Crippen molar-refractivity contribution in [2.24, 2.45) is 0 Å². The fourth-order valence-electron chi connectivity index (χ4n) is 2.54. The molecule has 1 saturated heterocycles. The largest absolute Gasteiger partial charge is 0.346 e. The minimum atomic E-state index is -3.18. The van der Waals surface area contributed by atoms with Gasteiger partial charge in [-0.15, -0.1) is 0 Å². The Hall–Kier alpha value is -1.73. The first-order valence-electron chi connectivity index (χ1n) is 7.00. The summed E-state index contributed by atoms with van der Waals surface area (Å²) in [6.07, 6.45) is 3.29. The number of piperidine rings is 1. The first-order valence-corrected chi connectivity index (χ1v) is 8.89. The molecule has 21 heavy (non-hydrogen) atoms. The first-order chi connectivity index (χ1) is 10.0. The molecule has 1 aliphatic rings. The van der Waals surface area contributed by atoms with Gasteiger partial charge in [0.1, 0.15) is 0 Å². The number of hydrogen-bond acceptors (Lipinski definition) is 5. The molecule has 0 unspecified atom stereocenters. The van der Waals surface area contributed by atoms with Crippen LogP contribution in [0.1, 0.15) is 24.7 Å². The maximum absolute atomic E-state index is 11.4. The van der Waals surface area contributed by atoms with Gasteiger partial charge >= 0.3 is 0 Å². The lowest BCUT2D eigenvalue weighted by atomic mass is 9.98. The summed E-state index contributed by atoms with van der Waals surface area (Å²) < 4.78 is 28.2. The Morgan fingerprint density at radius 2 is 1.86 bits per heavy atom. The van der Waals surface area contributed by atoms with Crippen LogP contribution >= 0.6 is 0 Å². The van der Waals surface area contributed by atoms with Gasteiger partial charge in [0.15, 0.2) is 9.84 Å². The fourth-order valence-corrected chi connectivity index (χ4v) is 3.17. The van der Waals surface area contributed by atoms with Gasteiger partial charge in [-0.05, 0) is 24.3 Å². The van der Waals surface area contributed by atoms with Gasteiger partial charge in [0.25, 0.3) is 0 Å². The summed E-state index contributed by atoms with van der Waals surface area (Å²) in [7, 11) is -3.18. The van der Waals surface area contributed by atoms with Crippen molar-refractivity contribution < 1.29 is 18.3 Å². The third-order valence-corrected chi connectivity index (χ3v) is 4.90. The van der Waals surface area contributed by atoms with Crippen molar-refractivity contribution in [3.05, 3.63) is 30.2 Å². The van der Waals surface area contributed by atoms with E-state index in [2.05, 4.69) is 15.5 Å². The van der Waals surface area contributed by atoms with E-state index >= 15 is 0 Å². The van der Waals surface area contributed by atoms with E-state index in [1.807, 2.05) is 0 Å². The summed E-state index contributed by atoms with van der Waals surface area (Å²) in [5, 5.41) is 6.30. The quantitative estimate of drug-likeness (QED) is 0.896. The highest BCUT2D eigenvalue weighted by Gasteiger charge is 2.23. The van der Waals surface area contributed by atoms with Gasteiger partial charge in [0, 0.05) is 30.6 Å². The number of benzene rings is 1. The van der Waals surface area contributed by atoms with E-state index < -0.39 is 9.84 Å². The minimum absolute atomic E-state index is 0.290. The van der Waals surface area contributed by atoms with Crippen molar-refractivity contribution in [3.8, 4) is 11.4 Å². The van der Waals surface area contributed by atoms with Crippen LogP contribution in [0.2, 0.25) is 0 Å². The molecule has 0 spiro atoms. The normalized spacial score (nSPS) is 17.0. The zero-order valence-electron chi connectivity index (χ0n) is 11.8. The predicted octanol–water partition coefficient (Wildman–Crippen LogP) is 0.581. The molecular weight excluding hydrogens is 290 g/mol. The van der Waals surface area contributed by atoms with E-state index in [0.29, 0.717) is 17.6 Å². The van der Waals surface area contributed by atoms with Gasteiger partial charge in [0.2, 0.25) is 11.7 Å². The van der Waals surface area contributed by atoms with Gasteiger partial charge < -0.3 is 9.84 Å². The average molecular weight is 308 g/mol. The molecule has 0 saturated carbocycles. The van der Waals surface area contributed by atoms with E-state index in [-0.39, 0.29) is 4.90 Å². The molecule has 0 bridgehead atoms. The molecule has 1 aliphatic heterocycles. The summed E-state index contributed by atoms with van der Waals surface area (Å²) in [6.45, 7) is 2.18. The Labute approximate surface area is 123 Å². The average Bonchev–Trinajstić information content (AvgIpc) is 2.97. The predicted molar refractivity (Wildman–Crippen MR) is 76.5 cm³/mol. The summed E-state index contributed by atoms with van der Waals surface area (Å²) in [6, 6.07) is 6.55. The molecule has 1 fully saturated rings. The van der Waals surface area contributed by atoms with Crippen molar-refractivity contribution in [1.29, 1.82) is 0 Å². The second-order valence-corrected chi connectivity index (χ2v) is 7.41. The van der Waals surface area contributed by atoms with Gasteiger partial charge in [0.05, 0.1) is 18.0 Å². The van der Waals surface area contributed by atoms with Crippen LogP contribution in [0, 0.1) is 0 Å². The standard InChI is InChI=1S/C14H17N3O3S/c1-21(18,19)12-4-2-10(3-5-12)13-16-14(20-17-13)11-6-8-15-9-7-11/h2-5,11,15H,6-9H2,1H3/p+1. The van der Waals surface area contributed by atoms with Gasteiger partial charge in [-0.25, -0.2) is 8.42 Å². The molecule has 0 aliphatic carbocycles. The number of sulfone groups is 1. The molecule has 3 rings (SSSR count). The second kappa shape index (κ2) is 5.57. The smallest absolute Gasteiger partial charge is 0.230 e. The fraction of sp³-hybridized carbons (Fsp3) is 0.429. The van der Waals surface area contributed by atoms with E-state index in [9.17, 15) is 8.42 Å². The highest BCUT2D eigenvalue weighted by Crippen LogP contribution is 2.25. The Morgan fingerprint density at radius 3 is 2.48 bits per heavy atom. The molecule has 2 N–H and O–H groups in total. The lowest BCUT2D eigenvalue weighted by Crippen LogP contribution is -2.86. The third kappa shape index (κ3) is 3.14. The summed E-state index contributed by atoms with van der Waals surface area (Å²) in [5.41, 5.74) is 0.764. The van der Waals surface area contributed by atoms with Crippen LogP contribution in [0.25, 0.3) is 11.4 Å². The van der Waals surface area contributed by atoms with Crippen molar-refractivity contribution >= 4 is 9.84 Å². The molecule has 1 aromatic heterocycles. The number of quaternary nitrogens is 1. The molecule has 0 amide bonds. The van der Waals surface area contributed by atoms with Crippen molar-refractivity contribution in [2.75, 3.05) is 19.3 Å². The van der Waals surface area contributed by atoms with Crippen LogP contribution in [0.5, 0.6) is 0 Å². The highest BCUT2D eigenvalue weighted by molar-refractivity contribution is 7.90. The van der Waals surface area contributed by atoms with Crippen molar-refractivity contribution in [2.45, 2.75) is 23.7 Å². The number of nitrogens with zero attached hydrogens (tertiary/aromatic N) is 2. The Balaban J connectivity index is 1.82. The monoisotopic (exact) mass is 308 g/mol. The summed E-state index contributed by atoms with van der Waals surface area (Å²) >= 11 is 0. The Kier molecular flexibility index (Phi) is 3.77. The summed E-state index contributed by atoms with van der Waals surface area (Å²) in [5.74, 6) is 1.54. The van der Waals surface area contributed by atoms with Crippen LogP contribution in [0.3, 0.4) is 0 Å². The Morgan fingerprint density at radius 1 is 1.19 bits per heavy atom. The topological polar surface area (TPSA) is 89.7 Å². The van der Waals surface area contributed by atoms with Gasteiger partial charge in [-0.3, -0.25) is 0 Å². The number of aromatic nitrogens is 2. The zero-order chi connectivity index (χ0) is 14.9. The molecule has 112 valence electrons. The summed E-state index contributed by atoms with van der Waals surface area (Å²) in [4.78, 5) is 4.74. The number of rotatable bonds is 3. The van der Waals surface area contributed by atoms with Crippen LogP contribution in [-0.4, -0.2) is 37.9 Å².